The highest BCUT2D eigenvalue weighted by Crippen LogP contribution is 2.07. The standard InChI is InChI=1S/C7H12O2/c1-2-7-8-5-3-4-6-9-7/h2H,3-6H2,1H3. The van der Waals surface area contributed by atoms with Gasteiger partial charge in [0.1, 0.15) is 0 Å². The molecule has 1 aliphatic rings. The summed E-state index contributed by atoms with van der Waals surface area (Å²) in [6, 6.07) is 0. The Morgan fingerprint density at radius 1 is 1.22 bits per heavy atom. The molecule has 0 amide bonds. The van der Waals surface area contributed by atoms with Crippen LogP contribution in [-0.4, -0.2) is 13.2 Å². The van der Waals surface area contributed by atoms with Crippen molar-refractivity contribution in [2.45, 2.75) is 19.8 Å². The van der Waals surface area contributed by atoms with Gasteiger partial charge >= 0.3 is 0 Å². The third kappa shape index (κ3) is 1.96. The molecule has 1 rings (SSSR count). The average Bonchev–Trinajstić information content (AvgIpc) is 2.13. The molecule has 0 aliphatic carbocycles. The fourth-order valence-electron chi connectivity index (χ4n) is 0.758. The number of hydrogen-bond donors (Lipinski definition) is 0. The Morgan fingerprint density at radius 3 is 2.22 bits per heavy atom. The van der Waals surface area contributed by atoms with E-state index in [2.05, 4.69) is 0 Å². The second-order valence-corrected chi connectivity index (χ2v) is 2.01. The van der Waals surface area contributed by atoms with Crippen LogP contribution < -0.4 is 0 Å². The fourth-order valence-corrected chi connectivity index (χ4v) is 0.758. The molecule has 0 radical (unpaired) electrons. The molecule has 0 N–H and O–H groups in total. The van der Waals surface area contributed by atoms with E-state index >= 15 is 0 Å². The van der Waals surface area contributed by atoms with Crippen molar-refractivity contribution >= 4 is 0 Å². The van der Waals surface area contributed by atoms with E-state index in [0.717, 1.165) is 26.1 Å². The van der Waals surface area contributed by atoms with Crippen molar-refractivity contribution in [3.8, 4) is 0 Å². The maximum Gasteiger partial charge on any atom is 0.274 e. The summed E-state index contributed by atoms with van der Waals surface area (Å²) in [5.41, 5.74) is 0. The van der Waals surface area contributed by atoms with Gasteiger partial charge in [0.05, 0.1) is 13.2 Å². The van der Waals surface area contributed by atoms with Gasteiger partial charge in [-0.2, -0.15) is 0 Å². The van der Waals surface area contributed by atoms with Crippen LogP contribution in [-0.2, 0) is 9.47 Å². The third-order valence-corrected chi connectivity index (χ3v) is 1.26. The Morgan fingerprint density at radius 2 is 1.78 bits per heavy atom. The molecule has 0 spiro atoms. The number of allylic oxidation sites excluding steroid dienone is 1. The minimum atomic E-state index is 0.688. The van der Waals surface area contributed by atoms with Crippen molar-refractivity contribution in [1.82, 2.24) is 0 Å². The lowest BCUT2D eigenvalue weighted by Gasteiger charge is -2.03. The van der Waals surface area contributed by atoms with Crippen LogP contribution >= 0.6 is 0 Å². The number of rotatable bonds is 0. The number of ether oxygens (including phenoxy) is 2. The second kappa shape index (κ2) is 3.38. The summed E-state index contributed by atoms with van der Waals surface area (Å²) in [6.45, 7) is 3.53. The lowest BCUT2D eigenvalue weighted by atomic mass is 10.3. The predicted molar refractivity (Wildman–Crippen MR) is 34.9 cm³/mol. The molecule has 2 nitrogen and oxygen atoms in total. The van der Waals surface area contributed by atoms with Gasteiger partial charge < -0.3 is 9.47 Å². The first kappa shape index (κ1) is 6.46. The summed E-state index contributed by atoms with van der Waals surface area (Å²) in [7, 11) is 0. The Hall–Kier alpha value is -0.660. The van der Waals surface area contributed by atoms with E-state index in [-0.39, 0.29) is 0 Å². The average molecular weight is 128 g/mol. The van der Waals surface area contributed by atoms with Gasteiger partial charge in [-0.05, 0) is 25.8 Å². The van der Waals surface area contributed by atoms with Crippen LogP contribution in [0.1, 0.15) is 19.8 Å². The molecule has 0 aromatic carbocycles. The topological polar surface area (TPSA) is 18.5 Å². The minimum Gasteiger partial charge on any atom is -0.466 e. The summed E-state index contributed by atoms with van der Waals surface area (Å²) < 4.78 is 10.4. The van der Waals surface area contributed by atoms with E-state index in [4.69, 9.17) is 9.47 Å². The normalized spacial score (nSPS) is 19.4. The summed E-state index contributed by atoms with van der Waals surface area (Å²) in [6.07, 6.45) is 4.07. The summed E-state index contributed by atoms with van der Waals surface area (Å²) >= 11 is 0. The van der Waals surface area contributed by atoms with Crippen molar-refractivity contribution in [3.63, 3.8) is 0 Å². The zero-order valence-electron chi connectivity index (χ0n) is 5.72. The molecule has 52 valence electrons. The van der Waals surface area contributed by atoms with Crippen molar-refractivity contribution in [2.75, 3.05) is 13.2 Å². The number of hydrogen-bond acceptors (Lipinski definition) is 2. The summed E-state index contributed by atoms with van der Waals surface area (Å²) in [5, 5.41) is 0. The first-order chi connectivity index (χ1) is 4.43. The monoisotopic (exact) mass is 128 g/mol. The molecular weight excluding hydrogens is 116 g/mol. The van der Waals surface area contributed by atoms with Crippen molar-refractivity contribution < 1.29 is 9.47 Å². The van der Waals surface area contributed by atoms with Crippen LogP contribution in [0.4, 0.5) is 0 Å². The summed E-state index contributed by atoms with van der Waals surface area (Å²) in [5.74, 6) is 0.688. The van der Waals surface area contributed by atoms with Gasteiger partial charge in [-0.1, -0.05) is 0 Å². The van der Waals surface area contributed by atoms with Crippen LogP contribution in [0.15, 0.2) is 12.0 Å². The van der Waals surface area contributed by atoms with Gasteiger partial charge in [-0.3, -0.25) is 0 Å². The lowest BCUT2D eigenvalue weighted by molar-refractivity contribution is 0.0614. The van der Waals surface area contributed by atoms with Gasteiger partial charge in [0.15, 0.2) is 0 Å². The van der Waals surface area contributed by atoms with Crippen molar-refractivity contribution in [3.05, 3.63) is 12.0 Å². The van der Waals surface area contributed by atoms with Gasteiger partial charge in [-0.15, -0.1) is 0 Å². The molecule has 9 heavy (non-hydrogen) atoms. The molecular formula is C7H12O2. The largest absolute Gasteiger partial charge is 0.466 e. The second-order valence-electron chi connectivity index (χ2n) is 2.01. The first-order valence-corrected chi connectivity index (χ1v) is 3.35. The highest BCUT2D eigenvalue weighted by Gasteiger charge is 2.02. The molecule has 0 atom stereocenters. The van der Waals surface area contributed by atoms with Gasteiger partial charge in [-0.25, -0.2) is 0 Å². The van der Waals surface area contributed by atoms with Crippen molar-refractivity contribution in [1.29, 1.82) is 0 Å². The highest BCUT2D eigenvalue weighted by atomic mass is 16.7. The molecule has 0 bridgehead atoms. The molecule has 1 fully saturated rings. The first-order valence-electron chi connectivity index (χ1n) is 3.35. The Kier molecular flexibility index (Phi) is 2.43. The molecule has 1 heterocycles. The van der Waals surface area contributed by atoms with Crippen LogP contribution in [0.2, 0.25) is 0 Å². The van der Waals surface area contributed by atoms with Gasteiger partial charge in [0.2, 0.25) is 0 Å². The SMILES string of the molecule is CC=C1OCCCCO1. The lowest BCUT2D eigenvalue weighted by Crippen LogP contribution is -1.92. The molecule has 0 aromatic heterocycles. The Bertz CT molecular complexity index is 97.5. The zero-order valence-corrected chi connectivity index (χ0v) is 5.72. The Labute approximate surface area is 55.5 Å². The molecule has 1 saturated heterocycles. The van der Waals surface area contributed by atoms with Crippen molar-refractivity contribution in [2.24, 2.45) is 0 Å². The quantitative estimate of drug-likeness (QED) is 0.494. The van der Waals surface area contributed by atoms with Crippen LogP contribution in [0.3, 0.4) is 0 Å². The van der Waals surface area contributed by atoms with E-state index in [1.165, 1.54) is 0 Å². The zero-order chi connectivity index (χ0) is 6.53. The van der Waals surface area contributed by atoms with E-state index in [0.29, 0.717) is 5.95 Å². The third-order valence-electron chi connectivity index (χ3n) is 1.26. The summed E-state index contributed by atoms with van der Waals surface area (Å²) in [4.78, 5) is 0. The smallest absolute Gasteiger partial charge is 0.274 e. The van der Waals surface area contributed by atoms with E-state index < -0.39 is 0 Å². The van der Waals surface area contributed by atoms with Gasteiger partial charge in [0.25, 0.3) is 5.95 Å². The van der Waals surface area contributed by atoms with E-state index in [1.54, 1.807) is 0 Å². The van der Waals surface area contributed by atoms with Crippen LogP contribution in [0.25, 0.3) is 0 Å². The maximum absolute atomic E-state index is 5.19. The molecule has 0 saturated carbocycles. The molecule has 0 aromatic rings. The Balaban J connectivity index is 2.36. The van der Waals surface area contributed by atoms with Crippen LogP contribution in [0, 0.1) is 0 Å². The maximum atomic E-state index is 5.19. The fraction of sp³-hybridized carbons (Fsp3) is 0.714. The molecule has 0 unspecified atom stereocenters. The predicted octanol–water partition coefficient (Wildman–Crippen LogP) is 1.67. The van der Waals surface area contributed by atoms with Crippen LogP contribution in [0.5, 0.6) is 0 Å². The van der Waals surface area contributed by atoms with E-state index in [1.807, 2.05) is 13.0 Å². The van der Waals surface area contributed by atoms with E-state index in [9.17, 15) is 0 Å². The molecule has 2 heteroatoms. The minimum absolute atomic E-state index is 0.688. The highest BCUT2D eigenvalue weighted by molar-refractivity contribution is 4.80. The van der Waals surface area contributed by atoms with Gasteiger partial charge in [0, 0.05) is 0 Å². The molecule has 1 aliphatic heterocycles.